The molecule has 0 aromatic heterocycles. The zero-order valence-corrected chi connectivity index (χ0v) is 12.8. The first-order valence-corrected chi connectivity index (χ1v) is 7.94. The van der Waals surface area contributed by atoms with Crippen LogP contribution in [0.2, 0.25) is 0 Å². The molecule has 0 bridgehead atoms. The number of ether oxygens (including phenoxy) is 1. The summed E-state index contributed by atoms with van der Waals surface area (Å²) in [5, 5.41) is 6.42. The lowest BCUT2D eigenvalue weighted by atomic mass is 9.85. The van der Waals surface area contributed by atoms with Gasteiger partial charge in [-0.2, -0.15) is 0 Å². The Bertz CT molecular complexity index is 530. The van der Waals surface area contributed by atoms with Crippen molar-refractivity contribution in [1.29, 1.82) is 0 Å². The Balaban J connectivity index is 1.86. The molecule has 1 aromatic carbocycles. The summed E-state index contributed by atoms with van der Waals surface area (Å²) in [5.74, 6) is 0.645. The molecule has 1 fully saturated rings. The molecule has 114 valence electrons. The molecule has 3 rings (SSSR count). The summed E-state index contributed by atoms with van der Waals surface area (Å²) in [4.78, 5) is 11.5. The Labute approximate surface area is 126 Å². The molecule has 2 aliphatic rings. The third-order valence-electron chi connectivity index (χ3n) is 4.79. The van der Waals surface area contributed by atoms with Crippen LogP contribution in [0.25, 0.3) is 0 Å². The first-order valence-electron chi connectivity index (χ1n) is 7.94. The summed E-state index contributed by atoms with van der Waals surface area (Å²) in [6.07, 6.45) is 3.94. The fourth-order valence-electron chi connectivity index (χ4n) is 3.69. The highest BCUT2D eigenvalue weighted by molar-refractivity contribution is 5.93. The second-order valence-electron chi connectivity index (χ2n) is 6.00. The van der Waals surface area contributed by atoms with Crippen LogP contribution in [0.3, 0.4) is 0 Å². The zero-order chi connectivity index (χ0) is 14.8. The number of anilines is 1. The number of rotatable bonds is 4. The van der Waals surface area contributed by atoms with Gasteiger partial charge in [0.05, 0.1) is 6.10 Å². The smallest absolute Gasteiger partial charge is 0.224 e. The molecular weight excluding hydrogens is 264 g/mol. The highest BCUT2D eigenvalue weighted by atomic mass is 16.5. The molecule has 3 atom stereocenters. The van der Waals surface area contributed by atoms with Crippen molar-refractivity contribution in [3.05, 3.63) is 29.3 Å². The minimum atomic E-state index is 0.121. The van der Waals surface area contributed by atoms with Gasteiger partial charge in [-0.15, -0.1) is 0 Å². The fraction of sp³-hybridized carbons (Fsp3) is 0.588. The monoisotopic (exact) mass is 288 g/mol. The second-order valence-corrected chi connectivity index (χ2v) is 6.00. The van der Waals surface area contributed by atoms with E-state index in [0.717, 1.165) is 31.6 Å². The third-order valence-corrected chi connectivity index (χ3v) is 4.79. The summed E-state index contributed by atoms with van der Waals surface area (Å²) >= 11 is 0. The molecule has 0 radical (unpaired) electrons. The van der Waals surface area contributed by atoms with Crippen molar-refractivity contribution in [3.63, 3.8) is 0 Å². The van der Waals surface area contributed by atoms with Crippen LogP contribution in [-0.2, 0) is 16.0 Å². The molecule has 4 nitrogen and oxygen atoms in total. The molecule has 2 heterocycles. The molecule has 0 spiro atoms. The maximum absolute atomic E-state index is 11.5. The summed E-state index contributed by atoms with van der Waals surface area (Å²) in [5.41, 5.74) is 3.53. The van der Waals surface area contributed by atoms with E-state index in [1.54, 1.807) is 0 Å². The van der Waals surface area contributed by atoms with E-state index < -0.39 is 0 Å². The molecule has 4 heteroatoms. The van der Waals surface area contributed by atoms with E-state index in [4.69, 9.17) is 4.74 Å². The zero-order valence-electron chi connectivity index (χ0n) is 12.8. The molecular formula is C17H24N2O2. The van der Waals surface area contributed by atoms with Gasteiger partial charge in [-0.1, -0.05) is 19.1 Å². The minimum absolute atomic E-state index is 0.121. The van der Waals surface area contributed by atoms with E-state index in [2.05, 4.69) is 29.7 Å². The lowest BCUT2D eigenvalue weighted by Crippen LogP contribution is -2.31. The van der Waals surface area contributed by atoms with Crippen LogP contribution in [0, 0.1) is 5.92 Å². The summed E-state index contributed by atoms with van der Waals surface area (Å²) < 4.78 is 5.85. The van der Waals surface area contributed by atoms with Crippen LogP contribution in [0.5, 0.6) is 0 Å². The van der Waals surface area contributed by atoms with Crippen molar-refractivity contribution >= 4 is 11.6 Å². The van der Waals surface area contributed by atoms with E-state index in [9.17, 15) is 4.79 Å². The third kappa shape index (κ3) is 2.83. The van der Waals surface area contributed by atoms with E-state index in [0.29, 0.717) is 24.5 Å². The number of carbonyl (C=O) groups excluding carboxylic acids is 1. The Kier molecular flexibility index (Phi) is 4.27. The van der Waals surface area contributed by atoms with Crippen molar-refractivity contribution in [2.24, 2.45) is 5.92 Å². The number of nitrogens with one attached hydrogen (secondary N) is 2. The first-order chi connectivity index (χ1) is 10.2. The van der Waals surface area contributed by atoms with Crippen LogP contribution >= 0.6 is 0 Å². The summed E-state index contributed by atoms with van der Waals surface area (Å²) in [6, 6.07) is 6.75. The highest BCUT2D eigenvalue weighted by Crippen LogP contribution is 2.36. The van der Waals surface area contributed by atoms with Crippen LogP contribution < -0.4 is 10.6 Å². The predicted molar refractivity (Wildman–Crippen MR) is 83.3 cm³/mol. The number of hydrogen-bond donors (Lipinski definition) is 2. The predicted octanol–water partition coefficient (Wildman–Crippen LogP) is 2.65. The van der Waals surface area contributed by atoms with Gasteiger partial charge in [-0.05, 0) is 43.5 Å². The molecule has 1 saturated heterocycles. The average Bonchev–Trinajstić information content (AvgIpc) is 2.96. The van der Waals surface area contributed by atoms with Gasteiger partial charge in [0, 0.05) is 30.7 Å². The molecule has 1 aromatic rings. The maximum Gasteiger partial charge on any atom is 0.224 e. The van der Waals surface area contributed by atoms with Crippen LogP contribution in [0.4, 0.5) is 5.69 Å². The quantitative estimate of drug-likeness (QED) is 0.895. The Morgan fingerprint density at radius 3 is 3.05 bits per heavy atom. The molecule has 2 N–H and O–H groups in total. The van der Waals surface area contributed by atoms with E-state index >= 15 is 0 Å². The highest BCUT2D eigenvalue weighted by Gasteiger charge is 2.34. The molecule has 2 aliphatic heterocycles. The van der Waals surface area contributed by atoms with Gasteiger partial charge in [-0.3, -0.25) is 4.79 Å². The van der Waals surface area contributed by atoms with Crippen molar-refractivity contribution in [2.75, 3.05) is 19.0 Å². The molecule has 0 saturated carbocycles. The second kappa shape index (κ2) is 6.16. The number of amides is 1. The van der Waals surface area contributed by atoms with Crippen molar-refractivity contribution < 1.29 is 9.53 Å². The summed E-state index contributed by atoms with van der Waals surface area (Å²) in [7, 11) is 2.02. The lowest BCUT2D eigenvalue weighted by molar-refractivity contribution is -0.116. The van der Waals surface area contributed by atoms with Crippen molar-refractivity contribution in [2.45, 2.75) is 44.8 Å². The van der Waals surface area contributed by atoms with Crippen LogP contribution in [0.1, 0.15) is 43.4 Å². The normalized spacial score (nSPS) is 26.3. The molecule has 21 heavy (non-hydrogen) atoms. The number of benzene rings is 1. The number of aryl methyl sites for hydroxylation is 1. The van der Waals surface area contributed by atoms with Gasteiger partial charge >= 0.3 is 0 Å². The fourth-order valence-corrected chi connectivity index (χ4v) is 3.69. The van der Waals surface area contributed by atoms with Crippen LogP contribution in [0.15, 0.2) is 18.2 Å². The molecule has 3 unspecified atom stereocenters. The van der Waals surface area contributed by atoms with E-state index in [1.807, 2.05) is 13.1 Å². The van der Waals surface area contributed by atoms with Crippen molar-refractivity contribution in [1.82, 2.24) is 5.32 Å². The van der Waals surface area contributed by atoms with Gasteiger partial charge in [-0.25, -0.2) is 0 Å². The average molecular weight is 288 g/mol. The number of hydrogen-bond acceptors (Lipinski definition) is 3. The number of fused-ring (bicyclic) bond motifs is 1. The SMILES string of the molecule is CCC1OCCC1C(NC)c1ccc2c(c1)CCC(=O)N2. The van der Waals surface area contributed by atoms with E-state index in [1.165, 1.54) is 11.1 Å². The standard InChI is InChI=1S/C17H24N2O2/c1-3-15-13(8-9-21-15)17(18-2)12-4-6-14-11(10-12)5-7-16(20)19-14/h4,6,10,13,15,17-18H,3,5,7-9H2,1-2H3,(H,19,20). The largest absolute Gasteiger partial charge is 0.378 e. The van der Waals surface area contributed by atoms with Gasteiger partial charge in [0.1, 0.15) is 0 Å². The topological polar surface area (TPSA) is 50.4 Å². The molecule has 0 aliphatic carbocycles. The van der Waals surface area contributed by atoms with Crippen LogP contribution in [-0.4, -0.2) is 25.7 Å². The first kappa shape index (κ1) is 14.5. The van der Waals surface area contributed by atoms with Gasteiger partial charge in [0.2, 0.25) is 5.91 Å². The van der Waals surface area contributed by atoms with Crippen molar-refractivity contribution in [3.8, 4) is 0 Å². The molecule has 1 amide bonds. The Hall–Kier alpha value is -1.39. The summed E-state index contributed by atoms with van der Waals surface area (Å²) in [6.45, 7) is 3.06. The van der Waals surface area contributed by atoms with Gasteiger partial charge in [0.15, 0.2) is 0 Å². The minimum Gasteiger partial charge on any atom is -0.378 e. The maximum atomic E-state index is 11.5. The van der Waals surface area contributed by atoms with E-state index in [-0.39, 0.29) is 5.91 Å². The Morgan fingerprint density at radius 2 is 2.29 bits per heavy atom. The van der Waals surface area contributed by atoms with Gasteiger partial charge < -0.3 is 15.4 Å². The Morgan fingerprint density at radius 1 is 1.43 bits per heavy atom. The lowest BCUT2D eigenvalue weighted by Gasteiger charge is -2.28. The number of carbonyl (C=O) groups is 1. The van der Waals surface area contributed by atoms with Gasteiger partial charge in [0.25, 0.3) is 0 Å².